The van der Waals surface area contributed by atoms with E-state index in [1.54, 1.807) is 38.7 Å². The largest absolute Gasteiger partial charge is 0.480 e. The number of nitrogens with one attached hydrogen (secondary N) is 4. The van der Waals surface area contributed by atoms with Crippen LogP contribution in [-0.2, 0) is 25.6 Å². The highest BCUT2D eigenvalue weighted by Gasteiger charge is 2.34. The van der Waals surface area contributed by atoms with Gasteiger partial charge in [-0.25, -0.2) is 4.79 Å². The third-order valence-corrected chi connectivity index (χ3v) is 7.37. The van der Waals surface area contributed by atoms with Gasteiger partial charge in [0.1, 0.15) is 18.1 Å². The minimum Gasteiger partial charge on any atom is -0.480 e. The molecule has 210 valence electrons. The zero-order valence-electron chi connectivity index (χ0n) is 22.7. The van der Waals surface area contributed by atoms with E-state index in [1.165, 1.54) is 0 Å². The van der Waals surface area contributed by atoms with Crippen molar-refractivity contribution in [1.82, 2.24) is 20.9 Å². The fourth-order valence-electron chi connectivity index (χ4n) is 4.10. The Hall–Kier alpha value is -3.05. The highest BCUT2D eigenvalue weighted by atomic mass is 32.2. The Morgan fingerprint density at radius 2 is 1.63 bits per heavy atom. The Morgan fingerprint density at radius 1 is 1.00 bits per heavy atom. The summed E-state index contributed by atoms with van der Waals surface area (Å²) < 4.78 is 0. The van der Waals surface area contributed by atoms with Crippen LogP contribution in [0.15, 0.2) is 30.5 Å². The molecule has 1 aromatic heterocycles. The van der Waals surface area contributed by atoms with Crippen molar-refractivity contribution >= 4 is 46.4 Å². The van der Waals surface area contributed by atoms with Crippen molar-refractivity contribution in [2.75, 3.05) is 12.0 Å². The molecule has 0 fully saturated rings. The maximum absolute atomic E-state index is 13.3. The molecule has 0 aliphatic heterocycles. The van der Waals surface area contributed by atoms with Crippen LogP contribution in [0.2, 0.25) is 0 Å². The molecule has 0 spiro atoms. The number of carbonyl (C=O) groups excluding carboxylic acids is 3. The number of carboxylic acid groups (broad SMARTS) is 1. The number of carboxylic acids is 1. The molecular weight excluding hydrogens is 506 g/mol. The Balaban J connectivity index is 2.16. The molecule has 38 heavy (non-hydrogen) atoms. The second-order valence-corrected chi connectivity index (χ2v) is 10.9. The number of hydrogen-bond donors (Lipinski definition) is 6. The summed E-state index contributed by atoms with van der Waals surface area (Å²) in [5.41, 5.74) is 7.60. The van der Waals surface area contributed by atoms with E-state index in [-0.39, 0.29) is 18.3 Å². The van der Waals surface area contributed by atoms with Gasteiger partial charge in [0.15, 0.2) is 0 Å². The molecular formula is C27H41N5O5S. The van der Waals surface area contributed by atoms with Crippen molar-refractivity contribution in [1.29, 1.82) is 0 Å². The molecule has 2 rings (SSSR count). The van der Waals surface area contributed by atoms with Crippen molar-refractivity contribution in [3.63, 3.8) is 0 Å². The molecule has 0 saturated heterocycles. The molecule has 3 amide bonds. The average Bonchev–Trinajstić information content (AvgIpc) is 3.30. The molecule has 0 aliphatic rings. The van der Waals surface area contributed by atoms with Gasteiger partial charge in [-0.15, -0.1) is 0 Å². The third-order valence-electron chi connectivity index (χ3n) is 6.72. The summed E-state index contributed by atoms with van der Waals surface area (Å²) in [5.74, 6) is -2.55. The van der Waals surface area contributed by atoms with Gasteiger partial charge in [-0.1, -0.05) is 52.3 Å². The van der Waals surface area contributed by atoms with Crippen LogP contribution in [0.3, 0.4) is 0 Å². The first-order valence-corrected chi connectivity index (χ1v) is 14.3. The Morgan fingerprint density at radius 3 is 2.24 bits per heavy atom. The summed E-state index contributed by atoms with van der Waals surface area (Å²) in [6.45, 7) is 7.27. The molecule has 1 heterocycles. The number of benzene rings is 1. The van der Waals surface area contributed by atoms with Crippen LogP contribution in [0.5, 0.6) is 0 Å². The zero-order valence-corrected chi connectivity index (χ0v) is 23.6. The summed E-state index contributed by atoms with van der Waals surface area (Å²) in [6.07, 6.45) is 4.77. The van der Waals surface area contributed by atoms with Gasteiger partial charge < -0.3 is 31.8 Å². The molecule has 5 unspecified atom stereocenters. The van der Waals surface area contributed by atoms with E-state index < -0.39 is 47.9 Å². The number of H-pyrrole nitrogens is 1. The van der Waals surface area contributed by atoms with Crippen LogP contribution in [0.1, 0.15) is 46.1 Å². The van der Waals surface area contributed by atoms with Gasteiger partial charge in [-0.05, 0) is 41.9 Å². The average molecular weight is 548 g/mol. The number of thioether (sulfide) groups is 1. The van der Waals surface area contributed by atoms with Crippen LogP contribution >= 0.6 is 11.8 Å². The first-order valence-electron chi connectivity index (χ1n) is 12.9. The lowest BCUT2D eigenvalue weighted by Crippen LogP contribution is -2.60. The topological polar surface area (TPSA) is 166 Å². The number of aliphatic carboxylic acids is 1. The third kappa shape index (κ3) is 8.49. The SMILES string of the molecule is CCC(C)C(NC(=O)C(NC(=O)C(N)CCSC)C(C)C)C(=O)NC(Cc1c[nH]c2ccccc12)C(=O)O. The maximum atomic E-state index is 13.3. The quantitative estimate of drug-likeness (QED) is 0.198. The molecule has 1 aromatic carbocycles. The first kappa shape index (κ1) is 31.2. The molecule has 11 heteroatoms. The Kier molecular flexibility index (Phi) is 12.1. The number of hydrogen-bond acceptors (Lipinski definition) is 6. The predicted octanol–water partition coefficient (Wildman–Crippen LogP) is 2.03. The summed E-state index contributed by atoms with van der Waals surface area (Å²) >= 11 is 1.58. The fourth-order valence-corrected chi connectivity index (χ4v) is 4.59. The number of fused-ring (bicyclic) bond motifs is 1. The number of nitrogens with two attached hydrogens (primary N) is 1. The summed E-state index contributed by atoms with van der Waals surface area (Å²) in [4.78, 5) is 54.3. The van der Waals surface area contributed by atoms with Crippen molar-refractivity contribution < 1.29 is 24.3 Å². The zero-order chi connectivity index (χ0) is 28.4. The molecule has 7 N–H and O–H groups in total. The second kappa shape index (κ2) is 14.8. The predicted molar refractivity (Wildman–Crippen MR) is 151 cm³/mol. The molecule has 0 radical (unpaired) electrons. The van der Waals surface area contributed by atoms with E-state index in [2.05, 4.69) is 20.9 Å². The van der Waals surface area contributed by atoms with Gasteiger partial charge in [0, 0.05) is 23.5 Å². The van der Waals surface area contributed by atoms with E-state index in [4.69, 9.17) is 5.73 Å². The number of aromatic nitrogens is 1. The lowest BCUT2D eigenvalue weighted by atomic mass is 9.95. The van der Waals surface area contributed by atoms with Crippen LogP contribution < -0.4 is 21.7 Å². The maximum Gasteiger partial charge on any atom is 0.326 e. The standard InChI is InChI=1S/C27H41N5O5S/c1-6-16(4)23(32-25(34)22(15(2)3)31-24(33)19(28)11-12-38-5)26(35)30-21(27(36)37)13-17-14-29-20-10-8-7-9-18(17)20/h7-10,14-16,19,21-23,29H,6,11-13,28H2,1-5H3,(H,30,35)(H,31,33)(H,32,34)(H,36,37). The second-order valence-electron chi connectivity index (χ2n) is 9.95. The van der Waals surface area contributed by atoms with Crippen molar-refractivity contribution in [2.24, 2.45) is 17.6 Å². The number of aromatic amines is 1. The highest BCUT2D eigenvalue weighted by molar-refractivity contribution is 7.98. The summed E-state index contributed by atoms with van der Waals surface area (Å²) in [6, 6.07) is 3.69. The normalized spacial score (nSPS) is 15.3. The minimum atomic E-state index is -1.19. The van der Waals surface area contributed by atoms with Gasteiger partial charge >= 0.3 is 5.97 Å². The lowest BCUT2D eigenvalue weighted by molar-refractivity contribution is -0.142. The van der Waals surface area contributed by atoms with Crippen LogP contribution in [0.4, 0.5) is 0 Å². The number of amides is 3. The van der Waals surface area contributed by atoms with E-state index in [0.29, 0.717) is 18.6 Å². The van der Waals surface area contributed by atoms with Crippen LogP contribution in [0.25, 0.3) is 10.9 Å². The monoisotopic (exact) mass is 547 g/mol. The Bertz CT molecular complexity index is 1100. The highest BCUT2D eigenvalue weighted by Crippen LogP contribution is 2.19. The van der Waals surface area contributed by atoms with Gasteiger partial charge in [0.05, 0.1) is 6.04 Å². The smallest absolute Gasteiger partial charge is 0.326 e. The van der Waals surface area contributed by atoms with Gasteiger partial charge in [0.25, 0.3) is 0 Å². The van der Waals surface area contributed by atoms with Gasteiger partial charge in [-0.3, -0.25) is 14.4 Å². The molecule has 0 saturated carbocycles. The van der Waals surface area contributed by atoms with E-state index in [1.807, 2.05) is 37.4 Å². The molecule has 5 atom stereocenters. The number of carbonyl (C=O) groups is 4. The summed E-state index contributed by atoms with van der Waals surface area (Å²) in [7, 11) is 0. The van der Waals surface area contributed by atoms with Crippen molar-refractivity contribution in [3.8, 4) is 0 Å². The number of para-hydroxylation sites is 1. The van der Waals surface area contributed by atoms with Crippen molar-refractivity contribution in [3.05, 3.63) is 36.0 Å². The molecule has 2 aromatic rings. The molecule has 0 bridgehead atoms. The van der Waals surface area contributed by atoms with Crippen LogP contribution in [0, 0.1) is 11.8 Å². The van der Waals surface area contributed by atoms with E-state index in [9.17, 15) is 24.3 Å². The first-order chi connectivity index (χ1) is 18.0. The van der Waals surface area contributed by atoms with Gasteiger partial charge in [0.2, 0.25) is 17.7 Å². The molecule has 0 aliphatic carbocycles. The van der Waals surface area contributed by atoms with Gasteiger partial charge in [-0.2, -0.15) is 11.8 Å². The summed E-state index contributed by atoms with van der Waals surface area (Å²) in [5, 5.41) is 18.8. The minimum absolute atomic E-state index is 0.0743. The molecule has 10 nitrogen and oxygen atoms in total. The van der Waals surface area contributed by atoms with Crippen molar-refractivity contribution in [2.45, 2.75) is 71.1 Å². The Labute approximate surface area is 228 Å². The van der Waals surface area contributed by atoms with E-state index >= 15 is 0 Å². The van der Waals surface area contributed by atoms with E-state index in [0.717, 1.165) is 16.5 Å². The van der Waals surface area contributed by atoms with Crippen LogP contribution in [-0.4, -0.2) is 70.0 Å². The fraction of sp³-hybridized carbons (Fsp3) is 0.556. The lowest BCUT2D eigenvalue weighted by Gasteiger charge is -2.29. The number of rotatable bonds is 15.